The molecule has 8 nitrogen and oxygen atoms in total. The number of halogens is 1. The number of nitrogens with zero attached hydrogens (tertiary/aromatic N) is 5. The number of nitriles is 1. The summed E-state index contributed by atoms with van der Waals surface area (Å²) in [6.45, 7) is 4.56. The van der Waals surface area contributed by atoms with E-state index in [0.717, 1.165) is 30.9 Å². The highest BCUT2D eigenvalue weighted by Crippen LogP contribution is 2.41. The SMILES string of the molecule is CCN1CCC(F)(c2ccc(-c3cc(Nc4cnc(C#N)cn4)n[nH]3)c(OC)c2)CC1. The molecule has 0 atom stereocenters. The van der Waals surface area contributed by atoms with E-state index in [-0.39, 0.29) is 5.69 Å². The van der Waals surface area contributed by atoms with Gasteiger partial charge in [0.25, 0.3) is 0 Å². The van der Waals surface area contributed by atoms with Gasteiger partial charge in [0.05, 0.1) is 25.2 Å². The zero-order valence-electron chi connectivity index (χ0n) is 17.5. The highest BCUT2D eigenvalue weighted by Gasteiger charge is 2.36. The molecule has 9 heteroatoms. The number of alkyl halides is 1. The van der Waals surface area contributed by atoms with Crippen molar-refractivity contribution in [3.05, 3.63) is 47.9 Å². The van der Waals surface area contributed by atoms with Crippen LogP contribution in [-0.2, 0) is 5.67 Å². The molecule has 1 fully saturated rings. The minimum absolute atomic E-state index is 0.240. The van der Waals surface area contributed by atoms with E-state index in [1.165, 1.54) is 12.4 Å². The molecule has 3 aromatic rings. The number of anilines is 2. The molecule has 2 aromatic heterocycles. The van der Waals surface area contributed by atoms with Gasteiger partial charge in [0.1, 0.15) is 23.3 Å². The first kappa shape index (κ1) is 20.8. The molecule has 3 heterocycles. The number of aromatic nitrogens is 4. The maximum atomic E-state index is 15.6. The molecule has 1 saturated heterocycles. The Morgan fingerprint density at radius 2 is 2.03 bits per heavy atom. The largest absolute Gasteiger partial charge is 0.496 e. The van der Waals surface area contributed by atoms with Crippen molar-refractivity contribution in [2.45, 2.75) is 25.4 Å². The third-order valence-corrected chi connectivity index (χ3v) is 5.71. The van der Waals surface area contributed by atoms with Crippen LogP contribution in [0.15, 0.2) is 36.7 Å². The highest BCUT2D eigenvalue weighted by molar-refractivity contribution is 5.71. The van der Waals surface area contributed by atoms with Crippen LogP contribution in [0.2, 0.25) is 0 Å². The van der Waals surface area contributed by atoms with Crippen LogP contribution in [0.3, 0.4) is 0 Å². The Hall–Kier alpha value is -3.51. The summed E-state index contributed by atoms with van der Waals surface area (Å²) in [7, 11) is 1.58. The predicted octanol–water partition coefficient (Wildman–Crippen LogP) is 3.77. The molecular formula is C22H24FN7O. The average Bonchev–Trinajstić information content (AvgIpc) is 3.28. The molecule has 0 saturated carbocycles. The van der Waals surface area contributed by atoms with Crippen molar-refractivity contribution < 1.29 is 9.13 Å². The second kappa shape index (κ2) is 8.70. The Balaban J connectivity index is 1.54. The molecular weight excluding hydrogens is 397 g/mol. The molecule has 0 amide bonds. The molecule has 0 radical (unpaired) electrons. The first-order valence-electron chi connectivity index (χ1n) is 10.2. The Bertz CT molecular complexity index is 1080. The van der Waals surface area contributed by atoms with Gasteiger partial charge in [-0.05, 0) is 37.1 Å². The quantitative estimate of drug-likeness (QED) is 0.624. The highest BCUT2D eigenvalue weighted by atomic mass is 19.1. The van der Waals surface area contributed by atoms with Gasteiger partial charge in [0.2, 0.25) is 0 Å². The lowest BCUT2D eigenvalue weighted by Crippen LogP contribution is -2.40. The minimum atomic E-state index is -1.34. The van der Waals surface area contributed by atoms with Crippen molar-refractivity contribution in [1.29, 1.82) is 5.26 Å². The summed E-state index contributed by atoms with van der Waals surface area (Å²) in [6, 6.07) is 9.22. The fourth-order valence-corrected chi connectivity index (χ4v) is 3.81. The number of H-pyrrole nitrogens is 1. The normalized spacial score (nSPS) is 15.9. The van der Waals surface area contributed by atoms with E-state index < -0.39 is 5.67 Å². The van der Waals surface area contributed by atoms with Crippen LogP contribution in [0.5, 0.6) is 5.75 Å². The van der Waals surface area contributed by atoms with E-state index in [2.05, 4.69) is 37.3 Å². The van der Waals surface area contributed by atoms with Gasteiger partial charge < -0.3 is 15.0 Å². The van der Waals surface area contributed by atoms with Gasteiger partial charge in [-0.25, -0.2) is 14.4 Å². The molecule has 4 rings (SSSR count). The van der Waals surface area contributed by atoms with Gasteiger partial charge in [-0.1, -0.05) is 13.0 Å². The first-order valence-corrected chi connectivity index (χ1v) is 10.2. The molecule has 31 heavy (non-hydrogen) atoms. The number of ether oxygens (including phenoxy) is 1. The lowest BCUT2D eigenvalue weighted by atomic mass is 9.85. The summed E-state index contributed by atoms with van der Waals surface area (Å²) in [5.74, 6) is 1.59. The summed E-state index contributed by atoms with van der Waals surface area (Å²) < 4.78 is 21.2. The third kappa shape index (κ3) is 4.34. The van der Waals surface area contributed by atoms with Crippen LogP contribution in [0, 0.1) is 11.3 Å². The molecule has 0 unspecified atom stereocenters. The van der Waals surface area contributed by atoms with Crippen LogP contribution >= 0.6 is 0 Å². The molecule has 0 aliphatic carbocycles. The zero-order valence-corrected chi connectivity index (χ0v) is 17.5. The lowest BCUT2D eigenvalue weighted by Gasteiger charge is -2.36. The van der Waals surface area contributed by atoms with Crippen LogP contribution in [0.1, 0.15) is 31.0 Å². The summed E-state index contributed by atoms with van der Waals surface area (Å²) in [5.41, 5.74) is 1.05. The van der Waals surface area contributed by atoms with E-state index in [1.54, 1.807) is 13.2 Å². The van der Waals surface area contributed by atoms with E-state index in [1.807, 2.05) is 24.3 Å². The topological polar surface area (TPSA) is 103 Å². The van der Waals surface area contributed by atoms with Gasteiger partial charge in [0, 0.05) is 24.7 Å². The van der Waals surface area contributed by atoms with Crippen LogP contribution in [0.25, 0.3) is 11.3 Å². The van der Waals surface area contributed by atoms with Gasteiger partial charge in [-0.3, -0.25) is 5.10 Å². The number of methoxy groups -OCH3 is 1. The lowest BCUT2D eigenvalue weighted by molar-refractivity contribution is 0.0583. The van der Waals surface area contributed by atoms with E-state index in [0.29, 0.717) is 35.8 Å². The number of likely N-dealkylation sites (tertiary alicyclic amines) is 1. The maximum absolute atomic E-state index is 15.6. The number of aromatic amines is 1. The van der Waals surface area contributed by atoms with E-state index in [9.17, 15) is 0 Å². The summed E-state index contributed by atoms with van der Waals surface area (Å²) >= 11 is 0. The fourth-order valence-electron chi connectivity index (χ4n) is 3.81. The van der Waals surface area contributed by atoms with Crippen LogP contribution in [-0.4, -0.2) is 51.8 Å². The predicted molar refractivity (Wildman–Crippen MR) is 115 cm³/mol. The fraction of sp³-hybridized carbons (Fsp3) is 0.364. The summed E-state index contributed by atoms with van der Waals surface area (Å²) in [6.07, 6.45) is 3.81. The van der Waals surface area contributed by atoms with Gasteiger partial charge >= 0.3 is 0 Å². The number of piperidine rings is 1. The van der Waals surface area contributed by atoms with Crippen LogP contribution in [0.4, 0.5) is 16.0 Å². The van der Waals surface area contributed by atoms with Crippen molar-refractivity contribution in [2.24, 2.45) is 0 Å². The Labute approximate surface area is 180 Å². The molecule has 1 aliphatic rings. The second-order valence-electron chi connectivity index (χ2n) is 7.51. The first-order chi connectivity index (χ1) is 15.0. The van der Waals surface area contributed by atoms with Gasteiger partial charge in [0.15, 0.2) is 11.5 Å². The molecule has 0 spiro atoms. The molecule has 160 valence electrons. The average molecular weight is 421 g/mol. The second-order valence-corrected chi connectivity index (χ2v) is 7.51. The van der Waals surface area contributed by atoms with Crippen molar-refractivity contribution in [3.8, 4) is 23.1 Å². The molecule has 2 N–H and O–H groups in total. The van der Waals surface area contributed by atoms with Crippen molar-refractivity contribution in [3.63, 3.8) is 0 Å². The molecule has 1 aromatic carbocycles. The van der Waals surface area contributed by atoms with Crippen molar-refractivity contribution in [2.75, 3.05) is 32.1 Å². The minimum Gasteiger partial charge on any atom is -0.496 e. The van der Waals surface area contributed by atoms with Gasteiger partial charge in [-0.15, -0.1) is 0 Å². The molecule has 0 bridgehead atoms. The number of nitrogens with one attached hydrogen (secondary N) is 2. The Morgan fingerprint density at radius 1 is 1.23 bits per heavy atom. The zero-order chi connectivity index (χ0) is 21.8. The third-order valence-electron chi connectivity index (χ3n) is 5.71. The van der Waals surface area contributed by atoms with Crippen LogP contribution < -0.4 is 10.1 Å². The van der Waals surface area contributed by atoms with E-state index in [4.69, 9.17) is 10.00 Å². The summed E-state index contributed by atoms with van der Waals surface area (Å²) in [4.78, 5) is 10.4. The monoisotopic (exact) mass is 421 g/mol. The number of rotatable bonds is 6. The summed E-state index contributed by atoms with van der Waals surface area (Å²) in [5, 5.41) is 19.1. The number of benzene rings is 1. The molecule has 1 aliphatic heterocycles. The van der Waals surface area contributed by atoms with E-state index >= 15 is 4.39 Å². The smallest absolute Gasteiger partial charge is 0.158 e. The standard InChI is InChI=1S/C22H24FN7O/c1-3-30-8-6-22(23,7-9-30)15-4-5-17(19(10-15)31-2)18-11-20(29-28-18)27-21-14-25-16(12-24)13-26-21/h4-5,10-11,13-14H,3,6-9H2,1-2H3,(H2,26,27,28,29). The maximum Gasteiger partial charge on any atom is 0.158 e. The van der Waals surface area contributed by atoms with Crippen molar-refractivity contribution in [1.82, 2.24) is 25.1 Å². The Kier molecular flexibility index (Phi) is 5.82. The number of hydrogen-bond acceptors (Lipinski definition) is 7. The Morgan fingerprint density at radius 3 is 2.68 bits per heavy atom. The van der Waals surface area contributed by atoms with Crippen molar-refractivity contribution >= 4 is 11.6 Å². The van der Waals surface area contributed by atoms with Gasteiger partial charge in [-0.2, -0.15) is 10.4 Å². The number of hydrogen-bond donors (Lipinski definition) is 2.